The SMILES string of the molecule is CN(C)C(=O)COc1ccc(C#N)c(F)c1. The number of ether oxygens (including phenoxy) is 1. The summed E-state index contributed by atoms with van der Waals surface area (Å²) in [6.45, 7) is -0.154. The Morgan fingerprint density at radius 1 is 1.56 bits per heavy atom. The summed E-state index contributed by atoms with van der Waals surface area (Å²) in [6.07, 6.45) is 0. The fourth-order valence-corrected chi connectivity index (χ4v) is 0.950. The Morgan fingerprint density at radius 2 is 2.25 bits per heavy atom. The van der Waals surface area contributed by atoms with Gasteiger partial charge in [0.1, 0.15) is 17.6 Å². The summed E-state index contributed by atoms with van der Waals surface area (Å²) < 4.78 is 18.2. The van der Waals surface area contributed by atoms with E-state index in [1.54, 1.807) is 20.2 Å². The number of hydrogen-bond acceptors (Lipinski definition) is 3. The molecular weight excluding hydrogens is 211 g/mol. The lowest BCUT2D eigenvalue weighted by Crippen LogP contribution is -2.27. The number of hydrogen-bond donors (Lipinski definition) is 0. The Balaban J connectivity index is 2.66. The van der Waals surface area contributed by atoms with E-state index in [-0.39, 0.29) is 23.8 Å². The first kappa shape index (κ1) is 12.0. The van der Waals surface area contributed by atoms with Crippen molar-refractivity contribution in [2.75, 3.05) is 20.7 Å². The summed E-state index contributed by atoms with van der Waals surface area (Å²) in [4.78, 5) is 12.6. The highest BCUT2D eigenvalue weighted by molar-refractivity contribution is 5.77. The van der Waals surface area contributed by atoms with Gasteiger partial charge in [0.25, 0.3) is 5.91 Å². The van der Waals surface area contributed by atoms with E-state index < -0.39 is 5.82 Å². The van der Waals surface area contributed by atoms with Crippen LogP contribution in [0, 0.1) is 17.1 Å². The lowest BCUT2D eigenvalue weighted by molar-refractivity contribution is -0.130. The van der Waals surface area contributed by atoms with Crippen molar-refractivity contribution in [2.24, 2.45) is 0 Å². The van der Waals surface area contributed by atoms with Crippen molar-refractivity contribution >= 4 is 5.91 Å². The van der Waals surface area contributed by atoms with E-state index in [9.17, 15) is 9.18 Å². The maximum absolute atomic E-state index is 13.1. The zero-order valence-electron chi connectivity index (χ0n) is 9.03. The minimum atomic E-state index is -0.655. The fraction of sp³-hybridized carbons (Fsp3) is 0.273. The number of nitriles is 1. The van der Waals surface area contributed by atoms with E-state index in [0.29, 0.717) is 0 Å². The van der Waals surface area contributed by atoms with Gasteiger partial charge in [0.05, 0.1) is 5.56 Å². The van der Waals surface area contributed by atoms with Crippen LogP contribution in [-0.2, 0) is 4.79 Å². The molecule has 1 aromatic rings. The van der Waals surface area contributed by atoms with Crippen LogP contribution in [-0.4, -0.2) is 31.5 Å². The van der Waals surface area contributed by atoms with Crippen molar-refractivity contribution in [3.05, 3.63) is 29.6 Å². The van der Waals surface area contributed by atoms with Crippen molar-refractivity contribution in [3.8, 4) is 11.8 Å². The third-order valence-electron chi connectivity index (χ3n) is 1.92. The van der Waals surface area contributed by atoms with Crippen molar-refractivity contribution < 1.29 is 13.9 Å². The van der Waals surface area contributed by atoms with Crippen LogP contribution in [0.15, 0.2) is 18.2 Å². The second kappa shape index (κ2) is 5.12. The van der Waals surface area contributed by atoms with Gasteiger partial charge in [-0.05, 0) is 12.1 Å². The summed E-state index contributed by atoms with van der Waals surface area (Å²) in [5.41, 5.74) is -0.0497. The van der Waals surface area contributed by atoms with Gasteiger partial charge in [-0.1, -0.05) is 0 Å². The highest BCUT2D eigenvalue weighted by Gasteiger charge is 2.07. The number of carbonyl (C=O) groups is 1. The number of halogens is 1. The molecular formula is C11H11FN2O2. The number of nitrogens with zero attached hydrogens (tertiary/aromatic N) is 2. The first-order valence-corrected chi connectivity index (χ1v) is 4.57. The van der Waals surface area contributed by atoms with Gasteiger partial charge in [-0.3, -0.25) is 4.79 Å². The lowest BCUT2D eigenvalue weighted by Gasteiger charge is -2.11. The molecule has 84 valence electrons. The Morgan fingerprint density at radius 3 is 2.75 bits per heavy atom. The van der Waals surface area contributed by atoms with Crippen molar-refractivity contribution in [1.29, 1.82) is 5.26 Å². The minimum absolute atomic E-state index is 0.0497. The molecule has 0 spiro atoms. The highest BCUT2D eigenvalue weighted by atomic mass is 19.1. The number of carbonyl (C=O) groups excluding carboxylic acids is 1. The summed E-state index contributed by atoms with van der Waals surface area (Å²) in [5, 5.41) is 8.51. The highest BCUT2D eigenvalue weighted by Crippen LogP contribution is 2.15. The molecule has 16 heavy (non-hydrogen) atoms. The first-order valence-electron chi connectivity index (χ1n) is 4.57. The van der Waals surface area contributed by atoms with Crippen LogP contribution in [0.2, 0.25) is 0 Å². The summed E-state index contributed by atoms with van der Waals surface area (Å²) in [7, 11) is 3.20. The van der Waals surface area contributed by atoms with E-state index in [4.69, 9.17) is 10.00 Å². The molecule has 0 saturated heterocycles. The molecule has 0 aliphatic heterocycles. The van der Waals surface area contributed by atoms with E-state index in [0.717, 1.165) is 6.07 Å². The molecule has 0 unspecified atom stereocenters. The zero-order chi connectivity index (χ0) is 12.1. The van der Waals surface area contributed by atoms with Crippen LogP contribution in [0.1, 0.15) is 5.56 Å². The average Bonchev–Trinajstić information content (AvgIpc) is 2.25. The van der Waals surface area contributed by atoms with Gasteiger partial charge in [0.2, 0.25) is 0 Å². The number of benzene rings is 1. The van der Waals surface area contributed by atoms with Gasteiger partial charge in [-0.15, -0.1) is 0 Å². The maximum atomic E-state index is 13.1. The largest absolute Gasteiger partial charge is 0.484 e. The quantitative estimate of drug-likeness (QED) is 0.771. The van der Waals surface area contributed by atoms with E-state index in [2.05, 4.69) is 0 Å². The third kappa shape index (κ3) is 2.95. The monoisotopic (exact) mass is 222 g/mol. The van der Waals surface area contributed by atoms with Crippen LogP contribution in [0.3, 0.4) is 0 Å². The molecule has 0 atom stereocenters. The molecule has 1 rings (SSSR count). The Kier molecular flexibility index (Phi) is 3.84. The molecule has 1 aromatic carbocycles. The van der Waals surface area contributed by atoms with E-state index in [1.165, 1.54) is 17.0 Å². The Bertz CT molecular complexity index is 438. The first-order chi connectivity index (χ1) is 7.54. The molecule has 0 bridgehead atoms. The van der Waals surface area contributed by atoms with Gasteiger partial charge in [0.15, 0.2) is 6.61 Å². The summed E-state index contributed by atoms with van der Waals surface area (Å²) in [6, 6.07) is 5.54. The van der Waals surface area contributed by atoms with Gasteiger partial charge in [-0.25, -0.2) is 4.39 Å². The predicted molar refractivity (Wildman–Crippen MR) is 55.3 cm³/mol. The normalized spacial score (nSPS) is 9.38. The molecule has 5 heteroatoms. The van der Waals surface area contributed by atoms with Crippen LogP contribution in [0.4, 0.5) is 4.39 Å². The molecule has 1 amide bonds. The average molecular weight is 222 g/mol. The Hall–Kier alpha value is -2.09. The van der Waals surface area contributed by atoms with Crippen molar-refractivity contribution in [2.45, 2.75) is 0 Å². The zero-order valence-corrected chi connectivity index (χ0v) is 9.03. The van der Waals surface area contributed by atoms with Crippen molar-refractivity contribution in [3.63, 3.8) is 0 Å². The molecule has 0 fully saturated rings. The fourth-order valence-electron chi connectivity index (χ4n) is 0.950. The second-order valence-electron chi connectivity index (χ2n) is 3.33. The second-order valence-corrected chi connectivity index (χ2v) is 3.33. The molecule has 4 nitrogen and oxygen atoms in total. The predicted octanol–water partition coefficient (Wildman–Crippen LogP) is 1.16. The molecule has 0 aromatic heterocycles. The number of likely N-dealkylation sites (N-methyl/N-ethyl adjacent to an activating group) is 1. The topological polar surface area (TPSA) is 53.3 Å². The van der Waals surface area contributed by atoms with Crippen molar-refractivity contribution in [1.82, 2.24) is 4.90 Å². The smallest absolute Gasteiger partial charge is 0.259 e. The molecule has 0 heterocycles. The van der Waals surface area contributed by atoms with E-state index in [1.807, 2.05) is 0 Å². The number of amides is 1. The third-order valence-corrected chi connectivity index (χ3v) is 1.92. The standard InChI is InChI=1S/C11H11FN2O2/c1-14(2)11(15)7-16-9-4-3-8(6-13)10(12)5-9/h3-5H,7H2,1-2H3. The lowest BCUT2D eigenvalue weighted by atomic mass is 10.2. The molecule has 0 aliphatic carbocycles. The van der Waals surface area contributed by atoms with Crippen LogP contribution in [0.25, 0.3) is 0 Å². The van der Waals surface area contributed by atoms with Gasteiger partial charge >= 0.3 is 0 Å². The van der Waals surface area contributed by atoms with Gasteiger partial charge < -0.3 is 9.64 Å². The van der Waals surface area contributed by atoms with Crippen LogP contribution < -0.4 is 4.74 Å². The summed E-state index contributed by atoms with van der Waals surface area (Å²) in [5.74, 6) is -0.645. The van der Waals surface area contributed by atoms with Gasteiger partial charge in [-0.2, -0.15) is 5.26 Å². The van der Waals surface area contributed by atoms with Gasteiger partial charge in [0, 0.05) is 20.2 Å². The van der Waals surface area contributed by atoms with E-state index >= 15 is 0 Å². The molecule has 0 saturated carbocycles. The van der Waals surface area contributed by atoms with Crippen LogP contribution >= 0.6 is 0 Å². The minimum Gasteiger partial charge on any atom is -0.484 e. The molecule has 0 N–H and O–H groups in total. The maximum Gasteiger partial charge on any atom is 0.259 e. The number of rotatable bonds is 3. The Labute approximate surface area is 92.8 Å². The molecule has 0 aliphatic rings. The van der Waals surface area contributed by atoms with Crippen LogP contribution in [0.5, 0.6) is 5.75 Å². The molecule has 0 radical (unpaired) electrons. The summed E-state index contributed by atoms with van der Waals surface area (Å²) >= 11 is 0.